The third-order valence-electron chi connectivity index (χ3n) is 3.34. The summed E-state index contributed by atoms with van der Waals surface area (Å²) in [6.07, 6.45) is 10.0. The number of hydrogen-bond acceptors (Lipinski definition) is 4. The van der Waals surface area contributed by atoms with Gasteiger partial charge in [0.05, 0.1) is 6.61 Å². The summed E-state index contributed by atoms with van der Waals surface area (Å²) in [6.45, 7) is 0.718. The highest BCUT2D eigenvalue weighted by molar-refractivity contribution is 5.69. The van der Waals surface area contributed by atoms with Gasteiger partial charge in [0.15, 0.2) is 0 Å². The number of rotatable bonds is 15. The number of carbonyl (C=O) groups excluding carboxylic acids is 1. The highest BCUT2D eigenvalue weighted by Gasteiger charge is 2.02. The van der Waals surface area contributed by atoms with E-state index < -0.39 is 5.97 Å². The Morgan fingerprint density at radius 3 is 1.86 bits per heavy atom. The molecular weight excluding hydrogens is 272 g/mol. The molecule has 0 saturated heterocycles. The number of carboxylic acids is 1. The van der Waals surface area contributed by atoms with Crippen LogP contribution >= 0.6 is 0 Å². The van der Waals surface area contributed by atoms with Gasteiger partial charge >= 0.3 is 11.9 Å². The number of carbonyl (C=O) groups is 2. The van der Waals surface area contributed by atoms with Crippen LogP contribution in [-0.4, -0.2) is 35.4 Å². The van der Waals surface area contributed by atoms with Crippen LogP contribution in [0, 0.1) is 0 Å². The monoisotopic (exact) mass is 302 g/mol. The largest absolute Gasteiger partial charge is 0.481 e. The van der Waals surface area contributed by atoms with Crippen LogP contribution in [0.25, 0.3) is 0 Å². The molecule has 0 aromatic carbocycles. The lowest BCUT2D eigenvalue weighted by molar-refractivity contribution is -0.144. The van der Waals surface area contributed by atoms with Gasteiger partial charge in [-0.15, -0.1) is 0 Å². The minimum atomic E-state index is -0.728. The molecule has 2 N–H and O–H groups in total. The molecular formula is C16H30O5. The molecule has 0 atom stereocenters. The first-order chi connectivity index (χ1) is 10.2. The minimum absolute atomic E-state index is 0.122. The van der Waals surface area contributed by atoms with Gasteiger partial charge in [0, 0.05) is 19.4 Å². The van der Waals surface area contributed by atoms with Crippen molar-refractivity contribution >= 4 is 11.9 Å². The quantitative estimate of drug-likeness (QED) is 0.358. The number of hydrogen-bond donors (Lipinski definition) is 2. The summed E-state index contributed by atoms with van der Waals surface area (Å²) in [7, 11) is 0. The fraction of sp³-hybridized carbons (Fsp3) is 0.875. The smallest absolute Gasteiger partial charge is 0.305 e. The highest BCUT2D eigenvalue weighted by Crippen LogP contribution is 2.09. The second-order valence-electron chi connectivity index (χ2n) is 5.37. The Hall–Kier alpha value is -1.10. The Morgan fingerprint density at radius 2 is 1.24 bits per heavy atom. The van der Waals surface area contributed by atoms with Crippen molar-refractivity contribution in [3.05, 3.63) is 0 Å². The Balaban J connectivity index is 3.17. The van der Waals surface area contributed by atoms with Crippen molar-refractivity contribution in [2.75, 3.05) is 13.2 Å². The predicted octanol–water partition coefficient (Wildman–Crippen LogP) is 3.29. The van der Waals surface area contributed by atoms with Gasteiger partial charge in [0.2, 0.25) is 0 Å². The van der Waals surface area contributed by atoms with Gasteiger partial charge < -0.3 is 14.9 Å². The van der Waals surface area contributed by atoms with Gasteiger partial charge in [0.25, 0.3) is 0 Å². The summed E-state index contributed by atoms with van der Waals surface area (Å²) in [5, 5.41) is 17.1. The maximum Gasteiger partial charge on any atom is 0.305 e. The summed E-state index contributed by atoms with van der Waals surface area (Å²) < 4.78 is 5.13. The third kappa shape index (κ3) is 16.8. The summed E-state index contributed by atoms with van der Waals surface area (Å²) in [6, 6.07) is 0. The SMILES string of the molecule is O=C(O)CCCCCCCCC(=O)OCCCCCCO. The van der Waals surface area contributed by atoms with Crippen molar-refractivity contribution in [2.45, 2.75) is 77.0 Å². The fourth-order valence-corrected chi connectivity index (χ4v) is 2.08. The molecule has 0 bridgehead atoms. The highest BCUT2D eigenvalue weighted by atomic mass is 16.5. The maximum atomic E-state index is 11.4. The van der Waals surface area contributed by atoms with E-state index in [4.69, 9.17) is 14.9 Å². The predicted molar refractivity (Wildman–Crippen MR) is 81.1 cm³/mol. The Kier molecular flexibility index (Phi) is 14.5. The normalized spacial score (nSPS) is 10.5. The van der Waals surface area contributed by atoms with Crippen molar-refractivity contribution in [1.29, 1.82) is 0 Å². The zero-order valence-corrected chi connectivity index (χ0v) is 13.0. The van der Waals surface area contributed by atoms with E-state index in [1.165, 1.54) is 0 Å². The molecule has 0 fully saturated rings. The summed E-state index contributed by atoms with van der Waals surface area (Å²) in [4.78, 5) is 21.7. The molecule has 21 heavy (non-hydrogen) atoms. The molecule has 0 aliphatic heterocycles. The van der Waals surface area contributed by atoms with E-state index in [-0.39, 0.29) is 19.0 Å². The average Bonchev–Trinajstić information content (AvgIpc) is 2.45. The van der Waals surface area contributed by atoms with Gasteiger partial charge in [-0.2, -0.15) is 0 Å². The molecule has 0 spiro atoms. The van der Waals surface area contributed by atoms with Gasteiger partial charge in [-0.3, -0.25) is 9.59 Å². The molecule has 0 amide bonds. The van der Waals surface area contributed by atoms with E-state index in [0.717, 1.165) is 64.2 Å². The van der Waals surface area contributed by atoms with Crippen LogP contribution in [0.2, 0.25) is 0 Å². The maximum absolute atomic E-state index is 11.4. The number of aliphatic hydroxyl groups excluding tert-OH is 1. The first-order valence-corrected chi connectivity index (χ1v) is 8.15. The van der Waals surface area contributed by atoms with Gasteiger partial charge in [-0.05, 0) is 32.1 Å². The zero-order chi connectivity index (χ0) is 15.8. The van der Waals surface area contributed by atoms with Crippen molar-refractivity contribution in [3.8, 4) is 0 Å². The Labute approximate surface area is 127 Å². The van der Waals surface area contributed by atoms with E-state index >= 15 is 0 Å². The average molecular weight is 302 g/mol. The lowest BCUT2D eigenvalue weighted by atomic mass is 10.1. The van der Waals surface area contributed by atoms with E-state index in [9.17, 15) is 9.59 Å². The lowest BCUT2D eigenvalue weighted by Crippen LogP contribution is -2.05. The number of esters is 1. The summed E-state index contributed by atoms with van der Waals surface area (Å²) in [5.74, 6) is -0.850. The number of carboxylic acid groups (broad SMARTS) is 1. The molecule has 0 aromatic heterocycles. The molecule has 0 aliphatic carbocycles. The first kappa shape index (κ1) is 19.9. The molecule has 5 nitrogen and oxygen atoms in total. The van der Waals surface area contributed by atoms with Crippen LogP contribution in [0.1, 0.15) is 77.0 Å². The second kappa shape index (κ2) is 15.3. The van der Waals surface area contributed by atoms with E-state index in [2.05, 4.69) is 0 Å². The Morgan fingerprint density at radius 1 is 0.714 bits per heavy atom. The molecule has 0 rings (SSSR count). The molecule has 0 saturated carbocycles. The first-order valence-electron chi connectivity index (χ1n) is 8.15. The van der Waals surface area contributed by atoms with Gasteiger partial charge in [-0.25, -0.2) is 0 Å². The van der Waals surface area contributed by atoms with Crippen molar-refractivity contribution in [1.82, 2.24) is 0 Å². The molecule has 0 radical (unpaired) electrons. The Bertz CT molecular complexity index is 265. The second-order valence-corrected chi connectivity index (χ2v) is 5.37. The topological polar surface area (TPSA) is 83.8 Å². The summed E-state index contributed by atoms with van der Waals surface area (Å²) in [5.41, 5.74) is 0. The molecule has 0 aromatic rings. The number of aliphatic carboxylic acids is 1. The minimum Gasteiger partial charge on any atom is -0.481 e. The molecule has 0 aliphatic rings. The summed E-state index contributed by atoms with van der Waals surface area (Å²) >= 11 is 0. The molecule has 5 heteroatoms. The van der Waals surface area contributed by atoms with Crippen molar-refractivity contribution in [2.24, 2.45) is 0 Å². The number of unbranched alkanes of at least 4 members (excludes halogenated alkanes) is 8. The van der Waals surface area contributed by atoms with Crippen LogP contribution in [0.3, 0.4) is 0 Å². The number of aliphatic hydroxyl groups is 1. The standard InChI is InChI=1S/C16H30O5/c17-13-9-5-6-10-14-21-16(20)12-8-4-2-1-3-7-11-15(18)19/h17H,1-14H2,(H,18,19). The van der Waals surface area contributed by atoms with E-state index in [1.54, 1.807) is 0 Å². The van der Waals surface area contributed by atoms with Crippen LogP contribution < -0.4 is 0 Å². The molecule has 0 heterocycles. The van der Waals surface area contributed by atoms with E-state index in [1.807, 2.05) is 0 Å². The van der Waals surface area contributed by atoms with Crippen LogP contribution in [0.4, 0.5) is 0 Å². The van der Waals surface area contributed by atoms with Crippen molar-refractivity contribution < 1.29 is 24.5 Å². The van der Waals surface area contributed by atoms with Crippen LogP contribution in [0.15, 0.2) is 0 Å². The van der Waals surface area contributed by atoms with Crippen LogP contribution in [0.5, 0.6) is 0 Å². The van der Waals surface area contributed by atoms with Gasteiger partial charge in [-0.1, -0.05) is 32.1 Å². The van der Waals surface area contributed by atoms with Crippen molar-refractivity contribution in [3.63, 3.8) is 0 Å². The molecule has 0 unspecified atom stereocenters. The number of ether oxygens (including phenoxy) is 1. The van der Waals surface area contributed by atoms with Crippen LogP contribution in [-0.2, 0) is 14.3 Å². The van der Waals surface area contributed by atoms with E-state index in [0.29, 0.717) is 13.0 Å². The third-order valence-corrected chi connectivity index (χ3v) is 3.34. The lowest BCUT2D eigenvalue weighted by Gasteiger charge is -2.05. The fourth-order valence-electron chi connectivity index (χ4n) is 2.08. The zero-order valence-electron chi connectivity index (χ0n) is 13.0. The molecule has 124 valence electrons. The van der Waals surface area contributed by atoms with Gasteiger partial charge in [0.1, 0.15) is 0 Å².